The zero-order valence-electron chi connectivity index (χ0n) is 27.6. The lowest BCUT2D eigenvalue weighted by molar-refractivity contribution is -0.192. The van der Waals surface area contributed by atoms with Crippen molar-refractivity contribution >= 4 is 20.6 Å². The number of rotatable bonds is 10. The van der Waals surface area contributed by atoms with E-state index < -0.39 is 24.6 Å². The van der Waals surface area contributed by atoms with Crippen LogP contribution in [-0.2, 0) is 30.1 Å². The molecule has 0 aliphatic heterocycles. The van der Waals surface area contributed by atoms with Crippen LogP contribution >= 0.6 is 0 Å². The summed E-state index contributed by atoms with van der Waals surface area (Å²) in [4.78, 5) is 28.4. The molecule has 234 valence electrons. The third-order valence-corrected chi connectivity index (χ3v) is 16.8. The van der Waals surface area contributed by atoms with E-state index in [1.54, 1.807) is 0 Å². The number of carbonyl (C=O) groups is 2. The van der Waals surface area contributed by atoms with Crippen molar-refractivity contribution < 1.29 is 23.5 Å². The molecule has 0 aromatic heterocycles. The van der Waals surface area contributed by atoms with Crippen LogP contribution in [0.15, 0.2) is 42.0 Å². The van der Waals surface area contributed by atoms with E-state index in [9.17, 15) is 9.59 Å². The molecule has 6 heteroatoms. The molecule has 0 spiro atoms. The van der Waals surface area contributed by atoms with Gasteiger partial charge in [0.25, 0.3) is 0 Å². The molecule has 0 N–H and O–H groups in total. The van der Waals surface area contributed by atoms with E-state index in [0.717, 1.165) is 30.4 Å². The van der Waals surface area contributed by atoms with Gasteiger partial charge in [0, 0.05) is 5.41 Å². The summed E-state index contributed by atoms with van der Waals surface area (Å²) in [6.45, 7) is 19.1. The molecular weight excluding hydrogens is 552 g/mol. The van der Waals surface area contributed by atoms with Crippen LogP contribution in [0.5, 0.6) is 0 Å². The lowest BCUT2D eigenvalue weighted by atomic mass is 9.43. The van der Waals surface area contributed by atoms with Gasteiger partial charge in [0.1, 0.15) is 24.9 Å². The van der Waals surface area contributed by atoms with Crippen molar-refractivity contribution in [3.8, 4) is 11.8 Å². The minimum absolute atomic E-state index is 0.104. The first-order valence-corrected chi connectivity index (χ1v) is 19.3. The molecule has 3 saturated carbocycles. The van der Waals surface area contributed by atoms with Crippen molar-refractivity contribution in [3.63, 3.8) is 0 Å². The fourth-order valence-corrected chi connectivity index (χ4v) is 10.1. The van der Waals surface area contributed by atoms with E-state index in [-0.39, 0.29) is 42.0 Å². The fraction of sp³-hybridized carbons (Fsp3) is 0.676. The summed E-state index contributed by atoms with van der Waals surface area (Å²) in [5.74, 6) is 7.45. The van der Waals surface area contributed by atoms with Crippen LogP contribution in [0.25, 0.3) is 0 Å². The van der Waals surface area contributed by atoms with Crippen LogP contribution in [-0.4, -0.2) is 40.4 Å². The van der Waals surface area contributed by atoms with Gasteiger partial charge in [0.05, 0.1) is 18.6 Å². The predicted molar refractivity (Wildman–Crippen MR) is 172 cm³/mol. The number of benzene rings is 1. The minimum atomic E-state index is -1.86. The van der Waals surface area contributed by atoms with Crippen molar-refractivity contribution in [2.45, 2.75) is 92.0 Å². The van der Waals surface area contributed by atoms with Gasteiger partial charge in [-0.1, -0.05) is 102 Å². The molecular formula is C37H52O5Si. The predicted octanol–water partition coefficient (Wildman–Crippen LogP) is 7.61. The Morgan fingerprint density at radius 1 is 1.09 bits per heavy atom. The van der Waals surface area contributed by atoms with Gasteiger partial charge >= 0.3 is 5.97 Å². The standard InChI is InChI=1S/C37H52O5Si/c1-26(2)32-20-29-21-35(24-38)31-17-16-27(3)30(31)22-36(29,25-40-18-12-13-19-42-43(7,8)34(4,5)6)37(32,35)33(39)41-23-28-14-10-9-11-15-28/h9-11,14-15,20,24,26-27,29-31H,16-19,21-23,25H2,1-8H3/t27-,29+,30-,31-,35+,36+,37+/m0/s1. The first-order valence-electron chi connectivity index (χ1n) is 16.3. The number of fused-ring (bicyclic) bond motifs is 2. The maximum absolute atomic E-state index is 14.8. The van der Waals surface area contributed by atoms with Crippen molar-refractivity contribution in [1.82, 2.24) is 0 Å². The molecule has 0 amide bonds. The lowest BCUT2D eigenvalue weighted by Crippen LogP contribution is -2.64. The van der Waals surface area contributed by atoms with E-state index in [1.165, 1.54) is 6.29 Å². The maximum atomic E-state index is 14.8. The Balaban J connectivity index is 1.45. The van der Waals surface area contributed by atoms with Crippen LogP contribution in [0.3, 0.4) is 0 Å². The quantitative estimate of drug-likeness (QED) is 0.0687. The molecule has 43 heavy (non-hydrogen) atoms. The Morgan fingerprint density at radius 3 is 2.44 bits per heavy atom. The molecule has 1 aromatic rings. The second-order valence-electron chi connectivity index (χ2n) is 15.6. The minimum Gasteiger partial charge on any atom is -0.460 e. The first kappa shape index (κ1) is 32.2. The molecule has 0 saturated heterocycles. The van der Waals surface area contributed by atoms with Crippen LogP contribution < -0.4 is 0 Å². The molecule has 5 rings (SSSR count). The van der Waals surface area contributed by atoms with Crippen molar-refractivity contribution in [2.24, 2.45) is 45.8 Å². The molecule has 7 atom stereocenters. The van der Waals surface area contributed by atoms with Gasteiger partial charge in [-0.25, -0.2) is 0 Å². The first-order chi connectivity index (χ1) is 20.3. The summed E-state index contributed by atoms with van der Waals surface area (Å²) in [5.41, 5.74) is -0.253. The van der Waals surface area contributed by atoms with E-state index in [0.29, 0.717) is 31.5 Å². The average Bonchev–Trinajstić information content (AvgIpc) is 3.52. The molecule has 4 aliphatic carbocycles. The fourth-order valence-electron chi connectivity index (χ4n) is 9.26. The second-order valence-corrected chi connectivity index (χ2v) is 20.4. The van der Waals surface area contributed by atoms with Crippen molar-refractivity contribution in [3.05, 3.63) is 47.5 Å². The van der Waals surface area contributed by atoms with E-state index in [1.807, 2.05) is 30.3 Å². The van der Waals surface area contributed by atoms with Crippen LogP contribution in [0, 0.1) is 57.7 Å². The monoisotopic (exact) mass is 604 g/mol. The number of aldehydes is 1. The Kier molecular flexibility index (Phi) is 8.70. The van der Waals surface area contributed by atoms with Crippen LogP contribution in [0.4, 0.5) is 0 Å². The Hall–Kier alpha value is -2.20. The number of allylic oxidation sites excluding steroid dienone is 1. The number of hydrogen-bond donors (Lipinski definition) is 0. The molecule has 4 bridgehead atoms. The van der Waals surface area contributed by atoms with Gasteiger partial charge in [0.15, 0.2) is 8.32 Å². The van der Waals surface area contributed by atoms with Gasteiger partial charge in [-0.15, -0.1) is 0 Å². The smallest absolute Gasteiger partial charge is 0.318 e. The topological polar surface area (TPSA) is 61.8 Å². The average molecular weight is 605 g/mol. The van der Waals surface area contributed by atoms with Gasteiger partial charge < -0.3 is 18.7 Å². The van der Waals surface area contributed by atoms with Gasteiger partial charge in [-0.05, 0) is 72.5 Å². The van der Waals surface area contributed by atoms with Crippen molar-refractivity contribution in [2.75, 3.05) is 19.8 Å². The Labute approximate surface area is 260 Å². The SMILES string of the molecule is CC(C)C1=C[C@@H]2C[C@@]3(C=O)[C@H]4CC[C@H](C)[C@@H]4C[C@]2(COCC#CCO[Si](C)(C)C(C)(C)C)[C@@]13C(=O)OCc1ccccc1. The summed E-state index contributed by atoms with van der Waals surface area (Å²) in [7, 11) is -1.86. The van der Waals surface area contributed by atoms with Crippen molar-refractivity contribution in [1.29, 1.82) is 0 Å². The van der Waals surface area contributed by atoms with Gasteiger partial charge in [0.2, 0.25) is 0 Å². The molecule has 0 heterocycles. The zero-order chi connectivity index (χ0) is 31.3. The highest BCUT2D eigenvalue weighted by molar-refractivity contribution is 6.74. The molecule has 0 unspecified atom stereocenters. The largest absolute Gasteiger partial charge is 0.460 e. The molecule has 5 nitrogen and oxygen atoms in total. The third kappa shape index (κ3) is 4.89. The Morgan fingerprint density at radius 2 is 1.79 bits per heavy atom. The summed E-state index contributed by atoms with van der Waals surface area (Å²) >= 11 is 0. The molecule has 0 radical (unpaired) electrons. The van der Waals surface area contributed by atoms with E-state index >= 15 is 0 Å². The summed E-state index contributed by atoms with van der Waals surface area (Å²) in [5, 5.41) is 0.137. The molecule has 3 fully saturated rings. The second kappa shape index (κ2) is 11.6. The van der Waals surface area contributed by atoms with E-state index in [4.69, 9.17) is 13.9 Å². The lowest BCUT2D eigenvalue weighted by Gasteiger charge is -2.58. The summed E-state index contributed by atoms with van der Waals surface area (Å²) in [6.07, 6.45) is 7.21. The summed E-state index contributed by atoms with van der Waals surface area (Å²) in [6, 6.07) is 9.84. The van der Waals surface area contributed by atoms with Crippen LogP contribution in [0.1, 0.15) is 72.8 Å². The zero-order valence-corrected chi connectivity index (χ0v) is 28.6. The molecule has 1 aromatic carbocycles. The normalized spacial score (nSPS) is 34.4. The highest BCUT2D eigenvalue weighted by atomic mass is 28.4. The highest BCUT2D eigenvalue weighted by Gasteiger charge is 2.84. The number of hydrogen-bond acceptors (Lipinski definition) is 5. The summed E-state index contributed by atoms with van der Waals surface area (Å²) < 4.78 is 18.9. The third-order valence-electron chi connectivity index (χ3n) is 12.3. The number of carbonyl (C=O) groups excluding carboxylic acids is 2. The van der Waals surface area contributed by atoms with Gasteiger partial charge in [-0.3, -0.25) is 4.79 Å². The highest BCUT2D eigenvalue weighted by Crippen LogP contribution is 2.82. The van der Waals surface area contributed by atoms with Crippen LogP contribution in [0.2, 0.25) is 18.1 Å². The maximum Gasteiger partial charge on any atom is 0.318 e. The molecule has 4 aliphatic rings. The van der Waals surface area contributed by atoms with E-state index in [2.05, 4.69) is 72.6 Å². The van der Waals surface area contributed by atoms with Gasteiger partial charge in [-0.2, -0.15) is 0 Å². The number of ether oxygens (including phenoxy) is 2. The Bertz CT molecular complexity index is 1300. The number of esters is 1.